The van der Waals surface area contributed by atoms with Crippen LogP contribution in [0.4, 0.5) is 0 Å². The molecule has 1 atom stereocenters. The SMILES string of the molecule is CC(C)c1ccc(COCCCCCCOc2ccc3c(c2)C(=O)N(C(C(C)C)C(C)(C)C)C3=O)cc1. The van der Waals surface area contributed by atoms with Gasteiger partial charge in [0.25, 0.3) is 11.8 Å². The highest BCUT2D eigenvalue weighted by Crippen LogP contribution is 2.37. The number of imide groups is 1. The Hall–Kier alpha value is -2.66. The van der Waals surface area contributed by atoms with E-state index in [0.29, 0.717) is 36.0 Å². The number of hydrogen-bond acceptors (Lipinski definition) is 4. The molecule has 1 unspecified atom stereocenters. The van der Waals surface area contributed by atoms with Gasteiger partial charge in [-0.1, -0.05) is 79.2 Å². The van der Waals surface area contributed by atoms with Gasteiger partial charge in [0.05, 0.1) is 24.3 Å². The summed E-state index contributed by atoms with van der Waals surface area (Å²) in [5.74, 6) is 0.949. The third kappa shape index (κ3) is 7.44. The van der Waals surface area contributed by atoms with Crippen molar-refractivity contribution in [3.05, 3.63) is 64.7 Å². The lowest BCUT2D eigenvalue weighted by atomic mass is 9.79. The van der Waals surface area contributed by atoms with E-state index in [9.17, 15) is 9.59 Å². The van der Waals surface area contributed by atoms with Gasteiger partial charge in [0.2, 0.25) is 0 Å². The van der Waals surface area contributed by atoms with Crippen LogP contribution >= 0.6 is 0 Å². The molecule has 2 aromatic rings. The maximum Gasteiger partial charge on any atom is 0.261 e. The van der Waals surface area contributed by atoms with E-state index in [2.05, 4.69) is 72.7 Å². The minimum absolute atomic E-state index is 0.166. The van der Waals surface area contributed by atoms with Crippen LogP contribution in [0.1, 0.15) is 112 Å². The largest absolute Gasteiger partial charge is 0.494 e. The first-order chi connectivity index (χ1) is 17.5. The van der Waals surface area contributed by atoms with Crippen LogP contribution in [0.25, 0.3) is 0 Å². The van der Waals surface area contributed by atoms with Crippen LogP contribution in [-0.2, 0) is 11.3 Å². The van der Waals surface area contributed by atoms with Crippen molar-refractivity contribution in [2.75, 3.05) is 13.2 Å². The second-order valence-electron chi connectivity index (χ2n) is 12.0. The molecule has 0 saturated heterocycles. The van der Waals surface area contributed by atoms with E-state index < -0.39 is 0 Å². The van der Waals surface area contributed by atoms with Crippen molar-refractivity contribution in [3.8, 4) is 5.75 Å². The van der Waals surface area contributed by atoms with Gasteiger partial charge in [0, 0.05) is 12.6 Å². The van der Waals surface area contributed by atoms with Gasteiger partial charge in [-0.2, -0.15) is 0 Å². The quantitative estimate of drug-likeness (QED) is 0.207. The van der Waals surface area contributed by atoms with Gasteiger partial charge in [0.15, 0.2) is 0 Å². The molecule has 0 aromatic heterocycles. The normalized spacial score (nSPS) is 14.6. The fraction of sp³-hybridized carbons (Fsp3) is 0.562. The molecule has 0 bridgehead atoms. The van der Waals surface area contributed by atoms with E-state index in [4.69, 9.17) is 9.47 Å². The number of rotatable bonds is 13. The van der Waals surface area contributed by atoms with Gasteiger partial charge in [-0.15, -0.1) is 0 Å². The molecule has 0 N–H and O–H groups in total. The Morgan fingerprint density at radius 3 is 2.00 bits per heavy atom. The smallest absolute Gasteiger partial charge is 0.261 e. The highest BCUT2D eigenvalue weighted by Gasteiger charge is 2.45. The van der Waals surface area contributed by atoms with Gasteiger partial charge in [0.1, 0.15) is 5.75 Å². The molecule has 3 rings (SSSR count). The van der Waals surface area contributed by atoms with E-state index in [1.807, 2.05) is 0 Å². The van der Waals surface area contributed by atoms with E-state index in [0.717, 1.165) is 32.3 Å². The van der Waals surface area contributed by atoms with Crippen LogP contribution in [0.15, 0.2) is 42.5 Å². The number of ether oxygens (including phenoxy) is 2. The molecular weight excluding hydrogens is 462 g/mol. The standard InChI is InChI=1S/C32H45NO4/c1-22(2)25-14-12-24(13-15-25)21-36-18-10-8-9-11-19-37-26-16-17-27-28(20-26)31(35)33(30(27)34)29(23(3)4)32(5,6)7/h12-17,20,22-23,29H,8-11,18-19,21H2,1-7H3. The lowest BCUT2D eigenvalue weighted by Gasteiger charge is -2.39. The number of hydrogen-bond donors (Lipinski definition) is 0. The zero-order valence-electron chi connectivity index (χ0n) is 23.8. The minimum Gasteiger partial charge on any atom is -0.494 e. The first kappa shape index (κ1) is 28.9. The Kier molecular flexibility index (Phi) is 9.94. The molecule has 1 heterocycles. The van der Waals surface area contributed by atoms with Crippen LogP contribution in [0.2, 0.25) is 0 Å². The number of fused-ring (bicyclic) bond motifs is 1. The number of carbonyl (C=O) groups excluding carboxylic acids is 2. The van der Waals surface area contributed by atoms with Crippen LogP contribution in [0.3, 0.4) is 0 Å². The molecule has 2 aromatic carbocycles. The Balaban J connectivity index is 1.38. The summed E-state index contributed by atoms with van der Waals surface area (Å²) < 4.78 is 11.7. The fourth-order valence-corrected chi connectivity index (χ4v) is 5.30. The molecule has 0 fully saturated rings. The Bertz CT molecular complexity index is 1050. The summed E-state index contributed by atoms with van der Waals surface area (Å²) in [6, 6.07) is 13.8. The summed E-state index contributed by atoms with van der Waals surface area (Å²) in [5.41, 5.74) is 3.30. The van der Waals surface area contributed by atoms with Crippen LogP contribution < -0.4 is 4.74 Å². The number of benzene rings is 2. The Morgan fingerprint density at radius 1 is 0.784 bits per heavy atom. The molecule has 0 aliphatic carbocycles. The molecule has 0 saturated carbocycles. The summed E-state index contributed by atoms with van der Waals surface area (Å²) >= 11 is 0. The van der Waals surface area contributed by atoms with Crippen molar-refractivity contribution < 1.29 is 19.1 Å². The molecule has 1 aliphatic heterocycles. The van der Waals surface area contributed by atoms with Crippen molar-refractivity contribution in [2.45, 2.75) is 92.7 Å². The number of unbranched alkanes of at least 4 members (excludes halogenated alkanes) is 3. The zero-order chi connectivity index (χ0) is 27.2. The zero-order valence-corrected chi connectivity index (χ0v) is 23.8. The van der Waals surface area contributed by atoms with Crippen LogP contribution in [0, 0.1) is 11.3 Å². The first-order valence-corrected chi connectivity index (χ1v) is 13.8. The lowest BCUT2D eigenvalue weighted by molar-refractivity contribution is 0.0367. The topological polar surface area (TPSA) is 55.8 Å². The monoisotopic (exact) mass is 507 g/mol. The van der Waals surface area contributed by atoms with E-state index in [1.54, 1.807) is 18.2 Å². The van der Waals surface area contributed by atoms with Crippen molar-refractivity contribution in [1.82, 2.24) is 4.90 Å². The molecule has 0 radical (unpaired) electrons. The first-order valence-electron chi connectivity index (χ1n) is 13.8. The number of nitrogens with zero attached hydrogens (tertiary/aromatic N) is 1. The van der Waals surface area contributed by atoms with Crippen molar-refractivity contribution >= 4 is 11.8 Å². The van der Waals surface area contributed by atoms with E-state index in [1.165, 1.54) is 16.0 Å². The maximum atomic E-state index is 13.2. The van der Waals surface area contributed by atoms with Gasteiger partial charge < -0.3 is 9.47 Å². The minimum atomic E-state index is -0.213. The van der Waals surface area contributed by atoms with Gasteiger partial charge in [-0.25, -0.2) is 0 Å². The van der Waals surface area contributed by atoms with E-state index in [-0.39, 0.29) is 29.2 Å². The Morgan fingerprint density at radius 2 is 1.41 bits per heavy atom. The molecule has 1 aliphatic rings. The summed E-state index contributed by atoms with van der Waals surface area (Å²) in [4.78, 5) is 27.8. The molecule has 5 heteroatoms. The highest BCUT2D eigenvalue weighted by atomic mass is 16.5. The Labute approximate surface area is 223 Å². The highest BCUT2D eigenvalue weighted by molar-refractivity contribution is 6.21. The van der Waals surface area contributed by atoms with Gasteiger partial charge >= 0.3 is 0 Å². The van der Waals surface area contributed by atoms with Gasteiger partial charge in [-0.05, 0) is 65.8 Å². The van der Waals surface area contributed by atoms with Gasteiger partial charge in [-0.3, -0.25) is 14.5 Å². The number of amides is 2. The van der Waals surface area contributed by atoms with Crippen LogP contribution in [-0.4, -0.2) is 36.0 Å². The second kappa shape index (κ2) is 12.7. The second-order valence-corrected chi connectivity index (χ2v) is 12.0. The molecular formula is C32H45NO4. The summed E-state index contributed by atoms with van der Waals surface area (Å²) in [6.07, 6.45) is 4.11. The van der Waals surface area contributed by atoms with Crippen LogP contribution in [0.5, 0.6) is 5.75 Å². The average Bonchev–Trinajstić information content (AvgIpc) is 3.07. The number of carbonyl (C=O) groups is 2. The predicted octanol–water partition coefficient (Wildman–Crippen LogP) is 7.63. The summed E-state index contributed by atoms with van der Waals surface area (Å²) in [6.45, 7) is 16.8. The fourth-order valence-electron chi connectivity index (χ4n) is 5.30. The molecule has 37 heavy (non-hydrogen) atoms. The molecule has 202 valence electrons. The van der Waals surface area contributed by atoms with Crippen molar-refractivity contribution in [1.29, 1.82) is 0 Å². The molecule has 5 nitrogen and oxygen atoms in total. The summed E-state index contributed by atoms with van der Waals surface area (Å²) in [7, 11) is 0. The summed E-state index contributed by atoms with van der Waals surface area (Å²) in [5, 5.41) is 0. The van der Waals surface area contributed by atoms with Crippen molar-refractivity contribution in [2.24, 2.45) is 11.3 Å². The maximum absolute atomic E-state index is 13.2. The third-order valence-corrected chi connectivity index (χ3v) is 7.05. The molecule has 2 amide bonds. The van der Waals surface area contributed by atoms with E-state index >= 15 is 0 Å². The predicted molar refractivity (Wildman–Crippen MR) is 149 cm³/mol. The van der Waals surface area contributed by atoms with Crippen molar-refractivity contribution in [3.63, 3.8) is 0 Å². The average molecular weight is 508 g/mol. The third-order valence-electron chi connectivity index (χ3n) is 7.05. The lowest BCUT2D eigenvalue weighted by Crippen LogP contribution is -2.50. The molecule has 0 spiro atoms.